The summed E-state index contributed by atoms with van der Waals surface area (Å²) in [7, 11) is 6.34. The van der Waals surface area contributed by atoms with Gasteiger partial charge in [-0.3, -0.25) is 9.56 Å². The van der Waals surface area contributed by atoms with Crippen LogP contribution in [0.1, 0.15) is 53.7 Å². The molecule has 3 rings (SSSR count). The van der Waals surface area contributed by atoms with Crippen molar-refractivity contribution in [2.75, 3.05) is 41.4 Å². The molecule has 0 saturated carbocycles. The highest BCUT2D eigenvalue weighted by molar-refractivity contribution is 7.44. The summed E-state index contributed by atoms with van der Waals surface area (Å²) in [6, 6.07) is 2.40. The molecule has 2 aromatic heterocycles. The molecule has 0 aromatic carbocycles. The molecule has 2 aromatic rings. The van der Waals surface area contributed by atoms with E-state index in [4.69, 9.17) is 24.0 Å². The van der Waals surface area contributed by atoms with E-state index in [0.29, 0.717) is 43.0 Å². The first kappa shape index (κ1) is 31.8. The molecule has 0 amide bonds. The third-order valence-corrected chi connectivity index (χ3v) is 8.34. The van der Waals surface area contributed by atoms with Crippen molar-refractivity contribution in [3.63, 3.8) is 0 Å². The number of amidine groups is 1. The molecule has 40 heavy (non-hydrogen) atoms. The summed E-state index contributed by atoms with van der Waals surface area (Å²) in [5, 5.41) is 9.01. The summed E-state index contributed by atoms with van der Waals surface area (Å²) in [4.78, 5) is 26.7. The minimum atomic E-state index is -1.40. The van der Waals surface area contributed by atoms with Crippen molar-refractivity contribution in [3.8, 4) is 6.07 Å². The number of nitriles is 1. The van der Waals surface area contributed by atoms with Gasteiger partial charge in [-0.1, -0.05) is 0 Å². The minimum Gasteiger partial charge on any atom is -0.369 e. The maximum absolute atomic E-state index is 9.01. The van der Waals surface area contributed by atoms with Gasteiger partial charge >= 0.3 is 0 Å². The lowest BCUT2D eigenvalue weighted by molar-refractivity contribution is -0.0211. The fourth-order valence-corrected chi connectivity index (χ4v) is 5.87. The Hall–Kier alpha value is -2.75. The molecule has 4 atom stereocenters. The number of rotatable bonds is 13. The first-order valence-corrected chi connectivity index (χ1v) is 14.6. The molecule has 1 fully saturated rings. The fraction of sp³-hybridized carbons (Fsp3) is 0.692. The molecule has 0 bridgehead atoms. The fourth-order valence-electron chi connectivity index (χ4n) is 4.25. The third-order valence-electron chi connectivity index (χ3n) is 6.27. The summed E-state index contributed by atoms with van der Waals surface area (Å²) in [6.45, 7) is 11.0. The van der Waals surface area contributed by atoms with E-state index >= 15 is 0 Å². The maximum atomic E-state index is 9.01. The molecule has 1 unspecified atom stereocenters. The van der Waals surface area contributed by atoms with Crippen LogP contribution in [0.25, 0.3) is 11.2 Å². The van der Waals surface area contributed by atoms with Crippen molar-refractivity contribution in [1.82, 2.24) is 34.0 Å². The van der Waals surface area contributed by atoms with Gasteiger partial charge in [0.25, 0.3) is 8.53 Å². The summed E-state index contributed by atoms with van der Waals surface area (Å²) in [5.41, 5.74) is 1.26. The predicted molar refractivity (Wildman–Crippen MR) is 157 cm³/mol. The summed E-state index contributed by atoms with van der Waals surface area (Å²) >= 11 is 0. The van der Waals surface area contributed by atoms with Gasteiger partial charge in [0, 0.05) is 46.7 Å². The highest BCUT2D eigenvalue weighted by Crippen LogP contribution is 2.47. The van der Waals surface area contributed by atoms with Crippen molar-refractivity contribution in [3.05, 3.63) is 12.7 Å². The maximum Gasteiger partial charge on any atom is 0.259 e. The molecule has 14 heteroatoms. The van der Waals surface area contributed by atoms with Crippen LogP contribution >= 0.6 is 8.53 Å². The van der Waals surface area contributed by atoms with Crippen LogP contribution in [-0.4, -0.2) is 112 Å². The number of imidazole rings is 1. The van der Waals surface area contributed by atoms with Crippen molar-refractivity contribution in [2.24, 2.45) is 9.98 Å². The van der Waals surface area contributed by atoms with Gasteiger partial charge in [0.05, 0.1) is 44.4 Å². The van der Waals surface area contributed by atoms with E-state index in [2.05, 4.69) is 58.4 Å². The number of ether oxygens (including phenoxy) is 1. The average Bonchev–Trinajstić information content (AvgIpc) is 3.50. The molecule has 0 N–H and O–H groups in total. The van der Waals surface area contributed by atoms with Gasteiger partial charge in [0.2, 0.25) is 0 Å². The Morgan fingerprint density at radius 3 is 2.55 bits per heavy atom. The molecule has 13 nitrogen and oxygen atoms in total. The normalized spacial score (nSPS) is 20.8. The predicted octanol–water partition coefficient (Wildman–Crippen LogP) is 3.98. The second kappa shape index (κ2) is 14.8. The number of fused-ring (bicyclic) bond motifs is 1. The molecule has 0 spiro atoms. The lowest BCUT2D eigenvalue weighted by Crippen LogP contribution is -2.35. The second-order valence-corrected chi connectivity index (χ2v) is 12.0. The lowest BCUT2D eigenvalue weighted by Gasteiger charge is -2.36. The molecule has 0 radical (unpaired) electrons. The number of aromatic nitrogens is 4. The molecule has 1 saturated heterocycles. The minimum absolute atomic E-state index is 0.150. The van der Waals surface area contributed by atoms with Gasteiger partial charge in [-0.2, -0.15) is 5.26 Å². The van der Waals surface area contributed by atoms with Crippen LogP contribution in [0.2, 0.25) is 0 Å². The summed E-state index contributed by atoms with van der Waals surface area (Å²) in [5.74, 6) is 1.32. The zero-order valence-corrected chi connectivity index (χ0v) is 26.0. The van der Waals surface area contributed by atoms with E-state index in [0.717, 1.165) is 5.84 Å². The van der Waals surface area contributed by atoms with Gasteiger partial charge in [-0.05, 0) is 34.6 Å². The van der Waals surface area contributed by atoms with Gasteiger partial charge in [0.1, 0.15) is 24.5 Å². The third kappa shape index (κ3) is 8.15. The summed E-state index contributed by atoms with van der Waals surface area (Å²) in [6.07, 6.45) is 5.28. The van der Waals surface area contributed by atoms with Crippen molar-refractivity contribution in [1.29, 1.82) is 5.26 Å². The van der Waals surface area contributed by atoms with E-state index < -0.39 is 8.53 Å². The Kier molecular flexibility index (Phi) is 11.7. The number of hydrogen-bond donors (Lipinski definition) is 0. The van der Waals surface area contributed by atoms with Crippen LogP contribution in [0, 0.1) is 11.3 Å². The topological polar surface area (TPSA) is 130 Å². The Labute approximate surface area is 238 Å². The Bertz CT molecular complexity index is 1190. The first-order valence-electron chi connectivity index (χ1n) is 13.5. The molecule has 1 aliphatic rings. The standard InChI is InChI=1S/C26H43N10O3P/c1-18(2)36(19(3)4)40(37-12-10-11-27)38-14-22-21(30-16-33(6)7)13-23(39-22)35-17-31-24-25(28-15-29-26(24)35)32-20(5)34(8)9/h15-19,21-23H,10,12-14H2,1-9H3/b30-16-,32-20-/t21-,22+,23+,40?/m0/s1. The smallest absolute Gasteiger partial charge is 0.259 e. The SMILES string of the molecule is C/C(=N/c1ncnc2c1ncn2[C@H]1C[C@H](/N=C\N(C)C)[C@@H](COP(OCCC#N)N(C(C)C)C(C)C)O1)N(C)C. The van der Waals surface area contributed by atoms with Crippen LogP contribution in [0.3, 0.4) is 0 Å². The van der Waals surface area contributed by atoms with Gasteiger partial charge in [0.15, 0.2) is 17.0 Å². The van der Waals surface area contributed by atoms with Crippen molar-refractivity contribution in [2.45, 2.75) is 77.9 Å². The Balaban J connectivity index is 1.86. The zero-order valence-electron chi connectivity index (χ0n) is 25.1. The van der Waals surface area contributed by atoms with Crippen LogP contribution in [0.4, 0.5) is 5.82 Å². The number of aliphatic imine (C=N–C) groups is 2. The number of hydrogen-bond acceptors (Lipinski definition) is 10. The average molecular weight is 575 g/mol. The highest BCUT2D eigenvalue weighted by atomic mass is 31.2. The monoisotopic (exact) mass is 574 g/mol. The molecule has 1 aliphatic heterocycles. The summed E-state index contributed by atoms with van der Waals surface area (Å²) < 4.78 is 23.1. The molecule has 0 aliphatic carbocycles. The Morgan fingerprint density at radius 2 is 1.93 bits per heavy atom. The van der Waals surface area contributed by atoms with Crippen molar-refractivity contribution < 1.29 is 13.8 Å². The van der Waals surface area contributed by atoms with Crippen LogP contribution in [-0.2, 0) is 13.8 Å². The molecule has 3 heterocycles. The van der Waals surface area contributed by atoms with E-state index in [1.54, 1.807) is 12.7 Å². The highest BCUT2D eigenvalue weighted by Gasteiger charge is 2.39. The first-order chi connectivity index (χ1) is 19.0. The lowest BCUT2D eigenvalue weighted by atomic mass is 10.1. The van der Waals surface area contributed by atoms with Crippen LogP contribution in [0.15, 0.2) is 22.6 Å². The molecule has 220 valence electrons. The van der Waals surface area contributed by atoms with Crippen LogP contribution in [0.5, 0.6) is 0 Å². The van der Waals surface area contributed by atoms with E-state index in [1.807, 2.05) is 49.5 Å². The van der Waals surface area contributed by atoms with Crippen LogP contribution < -0.4 is 0 Å². The largest absolute Gasteiger partial charge is 0.369 e. The molecular formula is C26H43N10O3P. The zero-order chi connectivity index (χ0) is 29.4. The quantitative estimate of drug-likeness (QED) is 0.150. The second-order valence-electron chi connectivity index (χ2n) is 10.6. The van der Waals surface area contributed by atoms with Crippen molar-refractivity contribution >= 4 is 37.7 Å². The van der Waals surface area contributed by atoms with Gasteiger partial charge < -0.3 is 23.6 Å². The Morgan fingerprint density at radius 1 is 1.20 bits per heavy atom. The van der Waals surface area contributed by atoms with E-state index in [1.165, 1.54) is 6.33 Å². The number of nitrogens with zero attached hydrogens (tertiary/aromatic N) is 10. The van der Waals surface area contributed by atoms with E-state index in [9.17, 15) is 0 Å². The molecular weight excluding hydrogens is 531 g/mol. The van der Waals surface area contributed by atoms with E-state index in [-0.39, 0.29) is 30.5 Å². The van der Waals surface area contributed by atoms with Gasteiger partial charge in [-0.15, -0.1) is 0 Å². The van der Waals surface area contributed by atoms with Gasteiger partial charge in [-0.25, -0.2) is 24.6 Å².